The number of carboxylic acids is 1. The summed E-state index contributed by atoms with van der Waals surface area (Å²) in [4.78, 5) is 26.0. The van der Waals surface area contributed by atoms with Gasteiger partial charge in [0, 0.05) is 41.2 Å². The number of aromatic hydroxyl groups is 1. The zero-order valence-corrected chi connectivity index (χ0v) is 14.2. The Hall–Kier alpha value is -3.06. The Balaban J connectivity index is 1.91. The van der Waals surface area contributed by atoms with E-state index in [2.05, 4.69) is 15.6 Å². The third-order valence-electron chi connectivity index (χ3n) is 5.02. The van der Waals surface area contributed by atoms with Crippen LogP contribution >= 0.6 is 0 Å². The molecule has 3 aromatic rings. The lowest BCUT2D eigenvalue weighted by Gasteiger charge is -2.12. The van der Waals surface area contributed by atoms with Gasteiger partial charge in [-0.15, -0.1) is 0 Å². The van der Waals surface area contributed by atoms with Gasteiger partial charge in [-0.25, -0.2) is 4.79 Å². The highest BCUT2D eigenvalue weighted by atomic mass is 16.4. The molecule has 1 aliphatic rings. The predicted molar refractivity (Wildman–Crippen MR) is 97.7 cm³/mol. The summed E-state index contributed by atoms with van der Waals surface area (Å²) in [6, 6.07) is 7.99. The minimum atomic E-state index is -1.44. The van der Waals surface area contributed by atoms with Crippen molar-refractivity contribution in [2.75, 3.05) is 0 Å². The zero-order valence-electron chi connectivity index (χ0n) is 14.2. The molecule has 4 rings (SSSR count). The maximum absolute atomic E-state index is 12.1. The summed E-state index contributed by atoms with van der Waals surface area (Å²) in [6.07, 6.45) is 1.21. The number of carbonyl (C=O) groups is 1. The SMILES string of the molecule is CCc1c(-c2ccc3c(c2)cc2n3CC(N)C2)[nH]c(=O)c(C(=O)O)c1O. The summed E-state index contributed by atoms with van der Waals surface area (Å²) >= 11 is 0. The van der Waals surface area contributed by atoms with Crippen molar-refractivity contribution in [2.45, 2.75) is 32.4 Å². The van der Waals surface area contributed by atoms with Gasteiger partial charge in [0.25, 0.3) is 5.56 Å². The molecule has 1 atom stereocenters. The van der Waals surface area contributed by atoms with Crippen LogP contribution in [0.15, 0.2) is 29.1 Å². The van der Waals surface area contributed by atoms with Gasteiger partial charge in [-0.1, -0.05) is 13.0 Å². The van der Waals surface area contributed by atoms with Crippen LogP contribution in [-0.4, -0.2) is 31.8 Å². The Morgan fingerprint density at radius 3 is 2.85 bits per heavy atom. The summed E-state index contributed by atoms with van der Waals surface area (Å²) in [5, 5.41) is 20.5. The van der Waals surface area contributed by atoms with Crippen molar-refractivity contribution in [1.82, 2.24) is 9.55 Å². The van der Waals surface area contributed by atoms with Gasteiger partial charge in [0.1, 0.15) is 5.75 Å². The van der Waals surface area contributed by atoms with Crippen LogP contribution in [0.3, 0.4) is 0 Å². The van der Waals surface area contributed by atoms with Gasteiger partial charge in [0.15, 0.2) is 5.56 Å². The zero-order chi connectivity index (χ0) is 18.6. The number of nitrogens with two attached hydrogens (primary N) is 1. The molecular formula is C19H19N3O4. The topological polar surface area (TPSA) is 121 Å². The Morgan fingerprint density at radius 2 is 2.15 bits per heavy atom. The first kappa shape index (κ1) is 16.4. The lowest BCUT2D eigenvalue weighted by atomic mass is 9.99. The highest BCUT2D eigenvalue weighted by Crippen LogP contribution is 2.33. The lowest BCUT2D eigenvalue weighted by Crippen LogP contribution is -2.20. The van der Waals surface area contributed by atoms with Crippen LogP contribution in [0.2, 0.25) is 0 Å². The van der Waals surface area contributed by atoms with E-state index in [1.807, 2.05) is 18.2 Å². The number of hydrogen-bond donors (Lipinski definition) is 4. The fraction of sp³-hybridized carbons (Fsp3) is 0.263. The van der Waals surface area contributed by atoms with Crippen LogP contribution in [0, 0.1) is 0 Å². The molecule has 3 heterocycles. The number of H-pyrrole nitrogens is 1. The van der Waals surface area contributed by atoms with Crippen molar-refractivity contribution in [3.63, 3.8) is 0 Å². The number of rotatable bonds is 3. The van der Waals surface area contributed by atoms with Gasteiger partial charge < -0.3 is 25.5 Å². The number of nitrogens with one attached hydrogen (secondary N) is 1. The second kappa shape index (κ2) is 5.74. The average molecular weight is 353 g/mol. The summed E-state index contributed by atoms with van der Waals surface area (Å²) in [5.74, 6) is -1.91. The van der Waals surface area contributed by atoms with Crippen LogP contribution in [0.5, 0.6) is 5.75 Å². The molecule has 0 bridgehead atoms. The second-order valence-corrected chi connectivity index (χ2v) is 6.67. The Kier molecular flexibility index (Phi) is 3.62. The number of aromatic nitrogens is 2. The molecule has 1 aliphatic heterocycles. The highest BCUT2D eigenvalue weighted by molar-refractivity contribution is 5.92. The molecule has 2 aromatic heterocycles. The standard InChI is InChI=1S/C19H19N3O4/c1-2-13-16(21-18(24)15(17(13)23)19(25)26)9-3-4-14-10(5-9)6-12-7-11(20)8-22(12)14/h3-6,11H,2,7-8,20H2,1H3,(H,25,26)(H2,21,23,24). The fourth-order valence-corrected chi connectivity index (χ4v) is 3.85. The first-order chi connectivity index (χ1) is 12.4. The summed E-state index contributed by atoms with van der Waals surface area (Å²) < 4.78 is 2.19. The molecule has 0 radical (unpaired) electrons. The molecule has 26 heavy (non-hydrogen) atoms. The van der Waals surface area contributed by atoms with E-state index in [1.54, 1.807) is 6.92 Å². The number of benzene rings is 1. The molecule has 0 aliphatic carbocycles. The van der Waals surface area contributed by atoms with Crippen molar-refractivity contribution in [2.24, 2.45) is 5.73 Å². The van der Waals surface area contributed by atoms with Crippen molar-refractivity contribution in [1.29, 1.82) is 0 Å². The highest BCUT2D eigenvalue weighted by Gasteiger charge is 2.23. The molecule has 5 N–H and O–H groups in total. The number of pyridine rings is 1. The first-order valence-corrected chi connectivity index (χ1v) is 8.50. The summed E-state index contributed by atoms with van der Waals surface area (Å²) in [7, 11) is 0. The van der Waals surface area contributed by atoms with Crippen molar-refractivity contribution >= 4 is 16.9 Å². The quantitative estimate of drug-likeness (QED) is 0.572. The maximum atomic E-state index is 12.1. The van der Waals surface area contributed by atoms with Gasteiger partial charge in [0.2, 0.25) is 0 Å². The maximum Gasteiger partial charge on any atom is 0.345 e. The molecule has 134 valence electrons. The third kappa shape index (κ3) is 2.32. The number of aromatic carboxylic acids is 1. The molecule has 0 saturated heterocycles. The Labute approximate surface area is 148 Å². The van der Waals surface area contributed by atoms with E-state index >= 15 is 0 Å². The van der Waals surface area contributed by atoms with Gasteiger partial charge in [-0.05, 0) is 30.2 Å². The minimum absolute atomic E-state index is 0.137. The number of nitrogens with zero attached hydrogens (tertiary/aromatic N) is 1. The van der Waals surface area contributed by atoms with E-state index in [9.17, 15) is 14.7 Å². The molecule has 7 nitrogen and oxygen atoms in total. The van der Waals surface area contributed by atoms with Gasteiger partial charge in [-0.3, -0.25) is 4.79 Å². The Morgan fingerprint density at radius 1 is 1.38 bits per heavy atom. The number of aromatic amines is 1. The van der Waals surface area contributed by atoms with E-state index in [0.29, 0.717) is 17.7 Å². The predicted octanol–water partition coefficient (Wildman–Crippen LogP) is 1.85. The van der Waals surface area contributed by atoms with Gasteiger partial charge in [0.05, 0.1) is 5.69 Å². The van der Waals surface area contributed by atoms with Crippen LogP contribution < -0.4 is 11.3 Å². The van der Waals surface area contributed by atoms with Crippen LogP contribution in [-0.2, 0) is 19.4 Å². The van der Waals surface area contributed by atoms with Crippen molar-refractivity contribution < 1.29 is 15.0 Å². The van der Waals surface area contributed by atoms with E-state index in [-0.39, 0.29) is 6.04 Å². The average Bonchev–Trinajstić information content (AvgIpc) is 3.09. The molecule has 1 unspecified atom stereocenters. The van der Waals surface area contributed by atoms with E-state index in [4.69, 9.17) is 10.8 Å². The second-order valence-electron chi connectivity index (χ2n) is 6.67. The first-order valence-electron chi connectivity index (χ1n) is 8.50. The Bertz CT molecular complexity index is 1110. The van der Waals surface area contributed by atoms with Gasteiger partial charge >= 0.3 is 5.97 Å². The third-order valence-corrected chi connectivity index (χ3v) is 5.02. The van der Waals surface area contributed by atoms with Crippen molar-refractivity contribution in [3.8, 4) is 17.0 Å². The molecule has 0 fully saturated rings. The summed E-state index contributed by atoms with van der Waals surface area (Å²) in [5.41, 5.74) is 8.42. The summed E-state index contributed by atoms with van der Waals surface area (Å²) in [6.45, 7) is 2.58. The molecular weight excluding hydrogens is 334 g/mol. The van der Waals surface area contributed by atoms with E-state index < -0.39 is 22.8 Å². The largest absolute Gasteiger partial charge is 0.506 e. The van der Waals surface area contributed by atoms with Crippen LogP contribution in [0.25, 0.3) is 22.2 Å². The lowest BCUT2D eigenvalue weighted by molar-refractivity contribution is 0.0691. The molecule has 0 spiro atoms. The van der Waals surface area contributed by atoms with Crippen molar-refractivity contribution in [3.05, 3.63) is 51.4 Å². The fourth-order valence-electron chi connectivity index (χ4n) is 3.85. The molecule has 0 amide bonds. The normalized spacial score (nSPS) is 16.2. The minimum Gasteiger partial charge on any atom is -0.506 e. The van der Waals surface area contributed by atoms with E-state index in [0.717, 1.165) is 29.4 Å². The molecule has 1 aromatic carbocycles. The molecule has 7 heteroatoms. The molecule has 0 saturated carbocycles. The number of hydrogen-bond acceptors (Lipinski definition) is 4. The van der Waals surface area contributed by atoms with Gasteiger partial charge in [-0.2, -0.15) is 0 Å². The monoisotopic (exact) mass is 353 g/mol. The number of carboxylic acid groups (broad SMARTS) is 1. The smallest absolute Gasteiger partial charge is 0.345 e. The number of fused-ring (bicyclic) bond motifs is 3. The van der Waals surface area contributed by atoms with Crippen LogP contribution in [0.1, 0.15) is 28.5 Å². The van der Waals surface area contributed by atoms with Crippen LogP contribution in [0.4, 0.5) is 0 Å². The van der Waals surface area contributed by atoms with E-state index in [1.165, 1.54) is 5.69 Å².